The van der Waals surface area contributed by atoms with Gasteiger partial charge in [-0.1, -0.05) is 23.4 Å². The number of rotatable bonds is 6. The third-order valence-electron chi connectivity index (χ3n) is 4.14. The molecule has 2 atom stereocenters. The van der Waals surface area contributed by atoms with E-state index in [-0.39, 0.29) is 16.8 Å². The van der Waals surface area contributed by atoms with Crippen molar-refractivity contribution in [3.63, 3.8) is 0 Å². The average Bonchev–Trinajstić information content (AvgIpc) is 3.05. The van der Waals surface area contributed by atoms with Crippen molar-refractivity contribution in [2.75, 3.05) is 36.7 Å². The van der Waals surface area contributed by atoms with E-state index in [1.54, 1.807) is 23.1 Å². The van der Waals surface area contributed by atoms with E-state index < -0.39 is 41.0 Å². The number of aliphatic imine (C=N–C) groups is 1. The maximum atomic E-state index is 12.1. The molecule has 3 rings (SSSR count). The molecule has 1 aromatic carbocycles. The fourth-order valence-electron chi connectivity index (χ4n) is 3.06. The quantitative estimate of drug-likeness (QED) is 0.680. The summed E-state index contributed by atoms with van der Waals surface area (Å²) in [5.41, 5.74) is 0.505. The molecule has 2 aliphatic heterocycles. The number of nitrogens with zero attached hydrogens (tertiary/aromatic N) is 2. The summed E-state index contributed by atoms with van der Waals surface area (Å²) in [5, 5.41) is 9.00. The number of hydrogen-bond acceptors (Lipinski definition) is 7. The molecular formula is C16H17ClN2O7S2. The molecule has 12 heteroatoms. The van der Waals surface area contributed by atoms with E-state index in [0.717, 1.165) is 0 Å². The summed E-state index contributed by atoms with van der Waals surface area (Å²) in [4.78, 5) is 28.3. The zero-order valence-electron chi connectivity index (χ0n) is 14.7. The van der Waals surface area contributed by atoms with Gasteiger partial charge in [-0.25, -0.2) is 13.2 Å². The summed E-state index contributed by atoms with van der Waals surface area (Å²) in [7, 11) is -1.75. The Hall–Kier alpha value is -1.82. The molecule has 0 saturated carbocycles. The molecule has 0 unspecified atom stereocenters. The lowest BCUT2D eigenvalue weighted by Crippen LogP contribution is -2.38. The molecule has 2 fully saturated rings. The summed E-state index contributed by atoms with van der Waals surface area (Å²) in [6.07, 6.45) is 0. The summed E-state index contributed by atoms with van der Waals surface area (Å²) >= 11 is 7.30. The van der Waals surface area contributed by atoms with Crippen molar-refractivity contribution in [1.29, 1.82) is 0 Å². The van der Waals surface area contributed by atoms with Crippen LogP contribution in [-0.4, -0.2) is 73.7 Å². The highest BCUT2D eigenvalue weighted by Crippen LogP contribution is 2.44. The van der Waals surface area contributed by atoms with Gasteiger partial charge >= 0.3 is 5.97 Å². The molecule has 1 N–H and O–H groups in total. The number of amides is 1. The van der Waals surface area contributed by atoms with Crippen molar-refractivity contribution in [3.05, 3.63) is 23.2 Å². The van der Waals surface area contributed by atoms with Crippen molar-refractivity contribution >= 4 is 55.9 Å². The molecule has 1 aromatic rings. The fourth-order valence-corrected chi connectivity index (χ4v) is 7.15. The molecule has 0 radical (unpaired) electrons. The smallest absolute Gasteiger partial charge is 0.329 e. The number of halogens is 1. The third-order valence-corrected chi connectivity index (χ3v) is 7.58. The number of benzene rings is 1. The van der Waals surface area contributed by atoms with Crippen LogP contribution in [0.1, 0.15) is 0 Å². The lowest BCUT2D eigenvalue weighted by Gasteiger charge is -2.26. The van der Waals surface area contributed by atoms with Gasteiger partial charge in [0, 0.05) is 10.3 Å². The van der Waals surface area contributed by atoms with Crippen LogP contribution in [0.4, 0.5) is 5.69 Å². The molecule has 28 heavy (non-hydrogen) atoms. The fraction of sp³-hybridized carbons (Fsp3) is 0.438. The Morgan fingerprint density at radius 3 is 2.79 bits per heavy atom. The third kappa shape index (κ3) is 4.59. The van der Waals surface area contributed by atoms with Crippen LogP contribution in [0.25, 0.3) is 0 Å². The Morgan fingerprint density at radius 1 is 1.36 bits per heavy atom. The van der Waals surface area contributed by atoms with Gasteiger partial charge in [-0.05, 0) is 18.2 Å². The summed E-state index contributed by atoms with van der Waals surface area (Å²) in [6, 6.07) is 4.48. The van der Waals surface area contributed by atoms with Gasteiger partial charge in [-0.3, -0.25) is 4.79 Å². The molecule has 0 spiro atoms. The number of hydrogen-bond donors (Lipinski definition) is 1. The van der Waals surface area contributed by atoms with Gasteiger partial charge in [0.15, 0.2) is 15.0 Å². The number of anilines is 1. The first kappa shape index (κ1) is 20.9. The SMILES string of the molecule is COc1ccc(Cl)cc1N1C(=NC(=O)COCC(=O)O)S[C@@H]2CS(=O)(=O)C[C@@H]21. The zero-order chi connectivity index (χ0) is 20.5. The van der Waals surface area contributed by atoms with Crippen LogP contribution in [0.3, 0.4) is 0 Å². The van der Waals surface area contributed by atoms with Crippen LogP contribution in [0.5, 0.6) is 5.75 Å². The number of thioether (sulfide) groups is 1. The molecule has 0 bridgehead atoms. The molecule has 2 heterocycles. The number of aliphatic carboxylic acids is 1. The topological polar surface area (TPSA) is 123 Å². The predicted octanol–water partition coefficient (Wildman–Crippen LogP) is 1.05. The normalized spacial score (nSPS) is 24.4. The summed E-state index contributed by atoms with van der Waals surface area (Å²) < 4.78 is 34.3. The van der Waals surface area contributed by atoms with Crippen LogP contribution < -0.4 is 9.64 Å². The van der Waals surface area contributed by atoms with Gasteiger partial charge in [0.1, 0.15) is 19.0 Å². The van der Waals surface area contributed by atoms with E-state index in [9.17, 15) is 18.0 Å². The first-order valence-corrected chi connectivity index (χ1v) is 11.2. The largest absolute Gasteiger partial charge is 0.495 e. The molecule has 1 amide bonds. The van der Waals surface area contributed by atoms with Gasteiger partial charge in [0.05, 0.1) is 30.3 Å². The molecule has 0 aromatic heterocycles. The van der Waals surface area contributed by atoms with Crippen LogP contribution in [0, 0.1) is 0 Å². The molecule has 2 aliphatic rings. The standard InChI is InChI=1S/C16H17ClN2O7S2/c1-25-12-3-2-9(17)4-10(12)19-11-7-28(23,24)8-13(11)27-16(19)18-14(20)5-26-6-15(21)22/h2-4,11,13H,5-8H2,1H3,(H,21,22)/t11-,13+/m0/s1. The van der Waals surface area contributed by atoms with Crippen molar-refractivity contribution < 1.29 is 32.6 Å². The molecular weight excluding hydrogens is 432 g/mol. The van der Waals surface area contributed by atoms with Crippen LogP contribution in [-0.2, 0) is 24.2 Å². The first-order chi connectivity index (χ1) is 13.2. The van der Waals surface area contributed by atoms with E-state index >= 15 is 0 Å². The van der Waals surface area contributed by atoms with E-state index in [1.165, 1.54) is 18.9 Å². The lowest BCUT2D eigenvalue weighted by atomic mass is 10.2. The van der Waals surface area contributed by atoms with Crippen LogP contribution in [0.2, 0.25) is 5.02 Å². The Labute approximate surface area is 170 Å². The van der Waals surface area contributed by atoms with E-state index in [2.05, 4.69) is 4.99 Å². The minimum atomic E-state index is -3.22. The second kappa shape index (κ2) is 8.27. The van der Waals surface area contributed by atoms with Crippen LogP contribution >= 0.6 is 23.4 Å². The predicted molar refractivity (Wildman–Crippen MR) is 105 cm³/mol. The maximum Gasteiger partial charge on any atom is 0.329 e. The van der Waals surface area contributed by atoms with Gasteiger partial charge in [0.2, 0.25) is 0 Å². The summed E-state index contributed by atoms with van der Waals surface area (Å²) in [5.74, 6) is -1.51. The van der Waals surface area contributed by atoms with Crippen molar-refractivity contribution in [1.82, 2.24) is 0 Å². The Kier molecular flexibility index (Phi) is 6.18. The zero-order valence-corrected chi connectivity index (χ0v) is 17.1. The first-order valence-electron chi connectivity index (χ1n) is 8.11. The summed E-state index contributed by atoms with van der Waals surface area (Å²) in [6.45, 7) is -1.11. The number of ether oxygens (including phenoxy) is 2. The number of carboxylic acid groups (broad SMARTS) is 1. The van der Waals surface area contributed by atoms with Gasteiger partial charge in [-0.2, -0.15) is 4.99 Å². The second-order valence-corrected chi connectivity index (χ2v) is 9.96. The van der Waals surface area contributed by atoms with E-state index in [1.807, 2.05) is 0 Å². The van der Waals surface area contributed by atoms with Gasteiger partial charge in [0.25, 0.3) is 5.91 Å². The maximum absolute atomic E-state index is 12.1. The number of carbonyl (C=O) groups excluding carboxylic acids is 1. The van der Waals surface area contributed by atoms with Gasteiger partial charge < -0.3 is 19.5 Å². The Bertz CT molecular complexity index is 935. The van der Waals surface area contributed by atoms with Crippen molar-refractivity contribution in [2.24, 2.45) is 4.99 Å². The van der Waals surface area contributed by atoms with Crippen molar-refractivity contribution in [2.45, 2.75) is 11.3 Å². The number of amidine groups is 1. The highest BCUT2D eigenvalue weighted by Gasteiger charge is 2.50. The Balaban J connectivity index is 1.94. The number of carboxylic acids is 1. The highest BCUT2D eigenvalue weighted by molar-refractivity contribution is 8.16. The number of sulfone groups is 1. The minimum absolute atomic E-state index is 0.0234. The molecule has 152 valence electrons. The Morgan fingerprint density at radius 2 is 2.11 bits per heavy atom. The van der Waals surface area contributed by atoms with Gasteiger partial charge in [-0.15, -0.1) is 0 Å². The monoisotopic (exact) mass is 448 g/mol. The minimum Gasteiger partial charge on any atom is -0.495 e. The number of carbonyl (C=O) groups is 2. The number of methoxy groups -OCH3 is 1. The molecule has 0 aliphatic carbocycles. The van der Waals surface area contributed by atoms with E-state index in [0.29, 0.717) is 21.6 Å². The highest BCUT2D eigenvalue weighted by atomic mass is 35.5. The second-order valence-electron chi connectivity index (χ2n) is 6.16. The average molecular weight is 449 g/mol. The lowest BCUT2D eigenvalue weighted by molar-refractivity contribution is -0.143. The van der Waals surface area contributed by atoms with Crippen molar-refractivity contribution in [3.8, 4) is 5.75 Å². The van der Waals surface area contributed by atoms with E-state index in [4.69, 9.17) is 26.2 Å². The number of fused-ring (bicyclic) bond motifs is 1. The van der Waals surface area contributed by atoms with Crippen LogP contribution in [0.15, 0.2) is 23.2 Å². The molecule has 9 nitrogen and oxygen atoms in total. The molecule has 2 saturated heterocycles.